The van der Waals surface area contributed by atoms with Crippen LogP contribution in [-0.2, 0) is 16.4 Å². The summed E-state index contributed by atoms with van der Waals surface area (Å²) in [6, 6.07) is 13.7. The van der Waals surface area contributed by atoms with Crippen LogP contribution >= 0.6 is 0 Å². The van der Waals surface area contributed by atoms with Crippen LogP contribution in [-0.4, -0.2) is 24.8 Å². The van der Waals surface area contributed by atoms with Crippen LogP contribution in [0.3, 0.4) is 0 Å². The summed E-state index contributed by atoms with van der Waals surface area (Å²) in [7, 11) is -3.53. The number of rotatable bonds is 5. The van der Waals surface area contributed by atoms with E-state index in [0.29, 0.717) is 11.3 Å². The van der Waals surface area contributed by atoms with Crippen molar-refractivity contribution in [2.75, 3.05) is 0 Å². The Morgan fingerprint density at radius 2 is 1.64 bits per heavy atom. The van der Waals surface area contributed by atoms with Gasteiger partial charge in [-0.3, -0.25) is 0 Å². The van der Waals surface area contributed by atoms with E-state index in [1.807, 2.05) is 70.2 Å². The molecule has 3 atom stereocenters. The zero-order chi connectivity index (χ0) is 18.4. The second-order valence-corrected chi connectivity index (χ2v) is 8.89. The molecule has 2 aromatic carbocycles. The lowest BCUT2D eigenvalue weighted by Gasteiger charge is -2.14. The highest BCUT2D eigenvalue weighted by Gasteiger charge is 2.55. The van der Waals surface area contributed by atoms with Gasteiger partial charge in [-0.15, -0.1) is 0 Å². The standard InChI is InChI=1S/C21H25NO2S/c1-14(2)20-19(13-18-9-7-6-8-10-18)22(20)25(23,24)21-16(4)11-15(3)12-17(21)5/h6-12,19-20H,1,13H2,2-5H3/t19-,20+,22?/m0/s1. The van der Waals surface area contributed by atoms with Crippen LogP contribution < -0.4 is 0 Å². The Bertz CT molecular complexity index is 893. The molecule has 0 aliphatic carbocycles. The van der Waals surface area contributed by atoms with Crippen molar-refractivity contribution in [1.29, 1.82) is 0 Å². The maximum atomic E-state index is 13.3. The molecule has 3 nitrogen and oxygen atoms in total. The summed E-state index contributed by atoms with van der Waals surface area (Å²) in [6.45, 7) is 11.7. The van der Waals surface area contributed by atoms with Gasteiger partial charge in [0.25, 0.3) is 0 Å². The predicted octanol–water partition coefficient (Wildman–Crippen LogP) is 4.17. The minimum Gasteiger partial charge on any atom is -0.207 e. The molecule has 1 unspecified atom stereocenters. The fraction of sp³-hybridized carbons (Fsp3) is 0.333. The van der Waals surface area contributed by atoms with Crippen LogP contribution in [0.5, 0.6) is 0 Å². The molecule has 0 aromatic heterocycles. The van der Waals surface area contributed by atoms with Gasteiger partial charge in [-0.1, -0.05) is 60.2 Å². The Labute approximate surface area is 151 Å². The SMILES string of the molecule is C=C(C)[C@@H]1[C@H](Cc2ccccc2)N1S(=O)(=O)c1c(C)cc(C)cc1C. The minimum atomic E-state index is -3.53. The maximum Gasteiger partial charge on any atom is 0.244 e. The fourth-order valence-electron chi connectivity index (χ4n) is 3.87. The quantitative estimate of drug-likeness (QED) is 0.596. The molecular weight excluding hydrogens is 330 g/mol. The first-order valence-corrected chi connectivity index (χ1v) is 9.98. The summed E-state index contributed by atoms with van der Waals surface area (Å²) in [4.78, 5) is 0.444. The number of hydrogen-bond donors (Lipinski definition) is 0. The summed E-state index contributed by atoms with van der Waals surface area (Å²) >= 11 is 0. The molecule has 1 aliphatic rings. The van der Waals surface area contributed by atoms with E-state index in [4.69, 9.17) is 0 Å². The van der Waals surface area contributed by atoms with Crippen LogP contribution in [0.4, 0.5) is 0 Å². The van der Waals surface area contributed by atoms with E-state index in [0.717, 1.165) is 27.8 Å². The third-order valence-electron chi connectivity index (χ3n) is 4.81. The number of nitrogens with zero attached hydrogens (tertiary/aromatic N) is 1. The molecule has 2 aromatic rings. The van der Waals surface area contributed by atoms with Gasteiger partial charge in [-0.25, -0.2) is 8.42 Å². The van der Waals surface area contributed by atoms with Crippen molar-refractivity contribution in [3.63, 3.8) is 0 Å². The Morgan fingerprint density at radius 1 is 1.08 bits per heavy atom. The Hall–Kier alpha value is -1.91. The highest BCUT2D eigenvalue weighted by atomic mass is 32.2. The second kappa shape index (κ2) is 6.43. The molecule has 0 amide bonds. The largest absolute Gasteiger partial charge is 0.244 e. The van der Waals surface area contributed by atoms with Gasteiger partial charge in [0.2, 0.25) is 10.0 Å². The van der Waals surface area contributed by atoms with Gasteiger partial charge in [0, 0.05) is 0 Å². The molecule has 1 fully saturated rings. The zero-order valence-electron chi connectivity index (χ0n) is 15.3. The van der Waals surface area contributed by atoms with E-state index in [9.17, 15) is 8.42 Å². The predicted molar refractivity (Wildman–Crippen MR) is 102 cm³/mol. The molecule has 0 saturated carbocycles. The van der Waals surface area contributed by atoms with Gasteiger partial charge in [-0.05, 0) is 50.8 Å². The average molecular weight is 356 g/mol. The summed E-state index contributed by atoms with van der Waals surface area (Å²) in [5.41, 5.74) is 4.74. The summed E-state index contributed by atoms with van der Waals surface area (Å²) in [5, 5.41) is 0. The fourth-order valence-corrected chi connectivity index (χ4v) is 6.12. The minimum absolute atomic E-state index is 0.0509. The molecule has 1 heterocycles. The lowest BCUT2D eigenvalue weighted by molar-refractivity contribution is 0.546. The van der Waals surface area contributed by atoms with Crippen molar-refractivity contribution >= 4 is 10.0 Å². The first-order valence-electron chi connectivity index (χ1n) is 8.54. The average Bonchev–Trinajstić information content (AvgIpc) is 3.22. The van der Waals surface area contributed by atoms with Crippen molar-refractivity contribution in [3.8, 4) is 0 Å². The van der Waals surface area contributed by atoms with E-state index in [1.54, 1.807) is 4.31 Å². The second-order valence-electron chi connectivity index (χ2n) is 7.11. The molecule has 25 heavy (non-hydrogen) atoms. The third-order valence-corrected chi connectivity index (χ3v) is 7.02. The topological polar surface area (TPSA) is 37.1 Å². The monoisotopic (exact) mass is 355 g/mol. The van der Waals surface area contributed by atoms with Gasteiger partial charge in [0.05, 0.1) is 17.0 Å². The lowest BCUT2D eigenvalue weighted by Crippen LogP contribution is -2.19. The smallest absolute Gasteiger partial charge is 0.207 e. The summed E-state index contributed by atoms with van der Waals surface area (Å²) in [5.74, 6) is 0. The molecule has 0 spiro atoms. The molecule has 132 valence electrons. The molecule has 3 rings (SSSR count). The normalized spacial score (nSPS) is 22.6. The molecule has 0 bridgehead atoms. The molecule has 0 radical (unpaired) electrons. The van der Waals surface area contributed by atoms with Crippen LogP contribution in [0.15, 0.2) is 59.5 Å². The zero-order valence-corrected chi connectivity index (χ0v) is 16.1. The van der Waals surface area contributed by atoms with Crippen molar-refractivity contribution in [2.24, 2.45) is 0 Å². The van der Waals surface area contributed by atoms with Crippen LogP contribution in [0.25, 0.3) is 0 Å². The molecule has 1 saturated heterocycles. The van der Waals surface area contributed by atoms with Gasteiger partial charge in [0.1, 0.15) is 0 Å². The van der Waals surface area contributed by atoms with E-state index in [-0.39, 0.29) is 12.1 Å². The summed E-state index contributed by atoms with van der Waals surface area (Å²) in [6.07, 6.45) is 0.710. The van der Waals surface area contributed by atoms with Gasteiger partial charge >= 0.3 is 0 Å². The van der Waals surface area contributed by atoms with Gasteiger partial charge in [0.15, 0.2) is 0 Å². The highest BCUT2D eigenvalue weighted by Crippen LogP contribution is 2.42. The first kappa shape index (κ1) is 17.9. The number of benzene rings is 2. The van der Waals surface area contributed by atoms with E-state index in [2.05, 4.69) is 6.58 Å². The van der Waals surface area contributed by atoms with Crippen LogP contribution in [0.1, 0.15) is 29.2 Å². The summed E-state index contributed by atoms with van der Waals surface area (Å²) < 4.78 is 28.3. The Balaban J connectivity index is 1.98. The number of aryl methyl sites for hydroxylation is 3. The van der Waals surface area contributed by atoms with Gasteiger partial charge in [-0.2, -0.15) is 4.31 Å². The van der Waals surface area contributed by atoms with Crippen LogP contribution in [0, 0.1) is 20.8 Å². The number of hydrogen-bond acceptors (Lipinski definition) is 2. The van der Waals surface area contributed by atoms with E-state index in [1.165, 1.54) is 0 Å². The van der Waals surface area contributed by atoms with E-state index < -0.39 is 10.0 Å². The molecule has 1 aliphatic heterocycles. The third kappa shape index (κ3) is 3.29. The highest BCUT2D eigenvalue weighted by molar-refractivity contribution is 7.89. The van der Waals surface area contributed by atoms with Crippen LogP contribution in [0.2, 0.25) is 0 Å². The van der Waals surface area contributed by atoms with Crippen molar-refractivity contribution in [1.82, 2.24) is 4.31 Å². The lowest BCUT2D eigenvalue weighted by atomic mass is 10.1. The number of sulfonamides is 1. The Morgan fingerprint density at radius 3 is 2.16 bits per heavy atom. The van der Waals surface area contributed by atoms with E-state index >= 15 is 0 Å². The molecular formula is C21H25NO2S. The first-order chi connectivity index (χ1) is 11.7. The van der Waals surface area contributed by atoms with Gasteiger partial charge < -0.3 is 0 Å². The van der Waals surface area contributed by atoms with Crippen molar-refractivity contribution in [2.45, 2.75) is 51.1 Å². The Kier molecular flexibility index (Phi) is 4.60. The maximum absolute atomic E-state index is 13.3. The van der Waals surface area contributed by atoms with Crippen molar-refractivity contribution < 1.29 is 8.42 Å². The molecule has 0 N–H and O–H groups in total. The molecule has 4 heteroatoms. The van der Waals surface area contributed by atoms with Crippen molar-refractivity contribution in [3.05, 3.63) is 76.9 Å².